The van der Waals surface area contributed by atoms with E-state index in [9.17, 15) is 4.39 Å². The summed E-state index contributed by atoms with van der Waals surface area (Å²) in [5.74, 6) is 0.776. The lowest BCUT2D eigenvalue weighted by Crippen LogP contribution is -2.05. The van der Waals surface area contributed by atoms with Crippen LogP contribution in [0.5, 0.6) is 5.75 Å². The number of benzene rings is 1. The molecule has 0 aliphatic rings. The molecule has 2 N–H and O–H groups in total. The Labute approximate surface area is 83.2 Å². The summed E-state index contributed by atoms with van der Waals surface area (Å²) in [6, 6.07) is 7.52. The van der Waals surface area contributed by atoms with E-state index in [2.05, 4.69) is 0 Å². The van der Waals surface area contributed by atoms with Crippen LogP contribution in [0.1, 0.15) is 5.56 Å². The largest absolute Gasteiger partial charge is 0.497 e. The van der Waals surface area contributed by atoms with Crippen LogP contribution in [0.25, 0.3) is 0 Å². The molecule has 0 spiro atoms. The average Bonchev–Trinajstić information content (AvgIpc) is 2.26. The normalized spacial score (nSPS) is 11.5. The van der Waals surface area contributed by atoms with Crippen molar-refractivity contribution in [1.29, 1.82) is 0 Å². The van der Waals surface area contributed by atoms with Crippen LogP contribution in [0.2, 0.25) is 0 Å². The molecule has 1 rings (SSSR count). The van der Waals surface area contributed by atoms with Crippen molar-refractivity contribution in [3.8, 4) is 5.75 Å². The Bertz CT molecular complexity index is 323. The molecule has 0 radical (unpaired) electrons. The van der Waals surface area contributed by atoms with Gasteiger partial charge in [-0.1, -0.05) is 12.1 Å². The minimum Gasteiger partial charge on any atom is -0.497 e. The molecule has 0 fully saturated rings. The highest BCUT2D eigenvalue weighted by Gasteiger charge is 1.99. The number of rotatable bonds is 4. The zero-order chi connectivity index (χ0) is 10.4. The quantitative estimate of drug-likeness (QED) is 0.798. The molecule has 0 saturated heterocycles. The first-order valence-electron chi connectivity index (χ1n) is 4.41. The second kappa shape index (κ2) is 5.40. The van der Waals surface area contributed by atoms with Gasteiger partial charge in [-0.3, -0.25) is 0 Å². The van der Waals surface area contributed by atoms with E-state index in [1.807, 2.05) is 24.3 Å². The molecular formula is C11H14FNO. The fourth-order valence-corrected chi connectivity index (χ4v) is 1.20. The molecule has 76 valence electrons. The maximum Gasteiger partial charge on any atom is 0.119 e. The third kappa shape index (κ3) is 2.85. The number of hydrogen-bond acceptors (Lipinski definition) is 2. The number of halogens is 1. The number of hydrogen-bond donors (Lipinski definition) is 1. The first-order chi connectivity index (χ1) is 6.80. The summed E-state index contributed by atoms with van der Waals surface area (Å²) in [4.78, 5) is 0. The summed E-state index contributed by atoms with van der Waals surface area (Å²) in [6.45, 7) is 0.244. The Hall–Kier alpha value is -1.35. The van der Waals surface area contributed by atoms with Gasteiger partial charge in [0.05, 0.1) is 13.4 Å². The maximum absolute atomic E-state index is 12.3. The van der Waals surface area contributed by atoms with Gasteiger partial charge in [-0.2, -0.15) is 0 Å². The maximum atomic E-state index is 12.3. The molecule has 3 heteroatoms. The lowest BCUT2D eigenvalue weighted by atomic mass is 10.1. The second-order valence-corrected chi connectivity index (χ2v) is 3.00. The van der Waals surface area contributed by atoms with E-state index in [-0.39, 0.29) is 6.54 Å². The summed E-state index contributed by atoms with van der Waals surface area (Å²) in [5.41, 5.74) is 6.94. The molecule has 0 bridgehead atoms. The smallest absolute Gasteiger partial charge is 0.119 e. The highest BCUT2D eigenvalue weighted by Crippen LogP contribution is 2.15. The van der Waals surface area contributed by atoms with Gasteiger partial charge in [-0.15, -0.1) is 0 Å². The molecule has 1 aromatic carbocycles. The standard InChI is InChI=1S/C11H14FNO/c1-14-11-4-2-3-9(6-11)5-10(7-12)8-13/h2-4,6-7H,5,8,13H2,1H3/b10-7+. The van der Waals surface area contributed by atoms with Gasteiger partial charge in [0.25, 0.3) is 0 Å². The van der Waals surface area contributed by atoms with Gasteiger partial charge in [0.15, 0.2) is 0 Å². The van der Waals surface area contributed by atoms with E-state index in [0.717, 1.165) is 11.3 Å². The fraction of sp³-hybridized carbons (Fsp3) is 0.273. The Morgan fingerprint density at radius 2 is 2.36 bits per heavy atom. The highest BCUT2D eigenvalue weighted by molar-refractivity contribution is 5.31. The average molecular weight is 195 g/mol. The predicted octanol–water partition coefficient (Wildman–Crippen LogP) is 2.05. The number of methoxy groups -OCH3 is 1. The van der Waals surface area contributed by atoms with Crippen LogP contribution in [0, 0.1) is 0 Å². The molecular weight excluding hydrogens is 181 g/mol. The molecule has 14 heavy (non-hydrogen) atoms. The van der Waals surface area contributed by atoms with Crippen molar-refractivity contribution in [3.05, 3.63) is 41.7 Å². The summed E-state index contributed by atoms with van der Waals surface area (Å²) in [5, 5.41) is 0. The van der Waals surface area contributed by atoms with E-state index in [0.29, 0.717) is 18.3 Å². The van der Waals surface area contributed by atoms with Crippen molar-refractivity contribution >= 4 is 0 Å². The Balaban J connectivity index is 2.76. The third-order valence-corrected chi connectivity index (χ3v) is 1.98. The zero-order valence-corrected chi connectivity index (χ0v) is 8.16. The van der Waals surface area contributed by atoms with Crippen LogP contribution in [0.4, 0.5) is 4.39 Å². The monoisotopic (exact) mass is 195 g/mol. The molecule has 0 aromatic heterocycles. The topological polar surface area (TPSA) is 35.2 Å². The van der Waals surface area contributed by atoms with E-state index < -0.39 is 0 Å². The molecule has 2 nitrogen and oxygen atoms in total. The second-order valence-electron chi connectivity index (χ2n) is 3.00. The van der Waals surface area contributed by atoms with Gasteiger partial charge in [0.2, 0.25) is 0 Å². The SMILES string of the molecule is COc1cccc(C/C(=C\F)CN)c1. The zero-order valence-electron chi connectivity index (χ0n) is 8.16. The van der Waals surface area contributed by atoms with Gasteiger partial charge >= 0.3 is 0 Å². The van der Waals surface area contributed by atoms with E-state index in [1.54, 1.807) is 7.11 Å². The summed E-state index contributed by atoms with van der Waals surface area (Å²) in [7, 11) is 1.61. The lowest BCUT2D eigenvalue weighted by molar-refractivity contribution is 0.414. The van der Waals surface area contributed by atoms with Crippen molar-refractivity contribution < 1.29 is 9.13 Å². The van der Waals surface area contributed by atoms with Crippen LogP contribution in [-0.4, -0.2) is 13.7 Å². The molecule has 0 aliphatic heterocycles. The Morgan fingerprint density at radius 3 is 2.93 bits per heavy atom. The first-order valence-corrected chi connectivity index (χ1v) is 4.41. The molecule has 0 amide bonds. The Kier molecular flexibility index (Phi) is 4.13. The van der Waals surface area contributed by atoms with Gasteiger partial charge < -0.3 is 10.5 Å². The molecule has 0 saturated carbocycles. The first kappa shape index (κ1) is 10.7. The van der Waals surface area contributed by atoms with Crippen molar-refractivity contribution in [2.75, 3.05) is 13.7 Å². The molecule has 0 unspecified atom stereocenters. The van der Waals surface area contributed by atoms with E-state index >= 15 is 0 Å². The summed E-state index contributed by atoms with van der Waals surface area (Å²) >= 11 is 0. The van der Waals surface area contributed by atoms with E-state index in [1.165, 1.54) is 0 Å². The van der Waals surface area contributed by atoms with Gasteiger partial charge in [-0.05, 0) is 29.7 Å². The minimum atomic E-state index is 0.244. The van der Waals surface area contributed by atoms with Crippen molar-refractivity contribution in [3.63, 3.8) is 0 Å². The van der Waals surface area contributed by atoms with Gasteiger partial charge in [0, 0.05) is 6.54 Å². The van der Waals surface area contributed by atoms with Crippen molar-refractivity contribution in [2.45, 2.75) is 6.42 Å². The van der Waals surface area contributed by atoms with Gasteiger partial charge in [-0.25, -0.2) is 4.39 Å². The van der Waals surface area contributed by atoms with Crippen LogP contribution in [-0.2, 0) is 6.42 Å². The number of ether oxygens (including phenoxy) is 1. The summed E-state index contributed by atoms with van der Waals surface area (Å²) < 4.78 is 17.3. The van der Waals surface area contributed by atoms with Crippen molar-refractivity contribution in [1.82, 2.24) is 0 Å². The fourth-order valence-electron chi connectivity index (χ4n) is 1.20. The molecule has 0 heterocycles. The van der Waals surface area contributed by atoms with Crippen LogP contribution >= 0.6 is 0 Å². The molecule has 1 aromatic rings. The van der Waals surface area contributed by atoms with E-state index in [4.69, 9.17) is 10.5 Å². The molecule has 0 aliphatic carbocycles. The van der Waals surface area contributed by atoms with Gasteiger partial charge in [0.1, 0.15) is 5.75 Å². The van der Waals surface area contributed by atoms with Crippen LogP contribution < -0.4 is 10.5 Å². The predicted molar refractivity (Wildman–Crippen MR) is 54.9 cm³/mol. The number of nitrogens with two attached hydrogens (primary N) is 1. The van der Waals surface area contributed by atoms with Crippen molar-refractivity contribution in [2.24, 2.45) is 5.73 Å². The van der Waals surface area contributed by atoms with Crippen LogP contribution in [0.15, 0.2) is 36.2 Å². The van der Waals surface area contributed by atoms with Crippen LogP contribution in [0.3, 0.4) is 0 Å². The highest BCUT2D eigenvalue weighted by atomic mass is 19.1. The molecule has 0 atom stereocenters. The lowest BCUT2D eigenvalue weighted by Gasteiger charge is -2.05. The minimum absolute atomic E-state index is 0.244. The Morgan fingerprint density at radius 1 is 1.57 bits per heavy atom. The summed E-state index contributed by atoms with van der Waals surface area (Å²) in [6.07, 6.45) is 1.10. The third-order valence-electron chi connectivity index (χ3n) is 1.98.